The molecule has 0 amide bonds. The SMILES string of the molecule is Cc1cc(C(=O)CSc2nnc(C3CCCCC3)o2)c(C)n1-c1ccccc1F. The van der Waals surface area contributed by atoms with Crippen molar-refractivity contribution in [1.29, 1.82) is 0 Å². The minimum atomic E-state index is -0.316. The number of halogens is 1. The Morgan fingerprint density at radius 1 is 1.21 bits per heavy atom. The van der Waals surface area contributed by atoms with Crippen molar-refractivity contribution >= 4 is 17.5 Å². The van der Waals surface area contributed by atoms with Gasteiger partial charge in [-0.15, -0.1) is 10.2 Å². The molecule has 4 rings (SSSR count). The van der Waals surface area contributed by atoms with Crippen molar-refractivity contribution in [1.82, 2.24) is 14.8 Å². The fraction of sp³-hybridized carbons (Fsp3) is 0.409. The van der Waals surface area contributed by atoms with E-state index in [2.05, 4.69) is 10.2 Å². The molecule has 5 nitrogen and oxygen atoms in total. The largest absolute Gasteiger partial charge is 0.416 e. The molecule has 2 heterocycles. The number of hydrogen-bond donors (Lipinski definition) is 0. The third-order valence-electron chi connectivity index (χ3n) is 5.53. The maximum absolute atomic E-state index is 14.2. The van der Waals surface area contributed by atoms with Gasteiger partial charge in [0.25, 0.3) is 5.22 Å². The van der Waals surface area contributed by atoms with Crippen LogP contribution in [0.2, 0.25) is 0 Å². The maximum Gasteiger partial charge on any atom is 0.277 e. The molecule has 0 bridgehead atoms. The number of aromatic nitrogens is 3. The lowest BCUT2D eigenvalue weighted by molar-refractivity contribution is 0.102. The quantitative estimate of drug-likeness (QED) is 0.387. The molecule has 7 heteroatoms. The lowest BCUT2D eigenvalue weighted by atomic mass is 9.89. The topological polar surface area (TPSA) is 60.9 Å². The normalized spacial score (nSPS) is 15.0. The van der Waals surface area contributed by atoms with E-state index in [1.165, 1.54) is 37.1 Å². The Morgan fingerprint density at radius 3 is 2.72 bits per heavy atom. The number of carbonyl (C=O) groups is 1. The van der Waals surface area contributed by atoms with Crippen LogP contribution < -0.4 is 0 Å². The minimum Gasteiger partial charge on any atom is -0.416 e. The van der Waals surface area contributed by atoms with Gasteiger partial charge in [-0.3, -0.25) is 4.79 Å². The Kier molecular flexibility index (Phi) is 5.85. The number of thioether (sulfide) groups is 1. The van der Waals surface area contributed by atoms with E-state index in [9.17, 15) is 9.18 Å². The Bertz CT molecular complexity index is 1020. The highest BCUT2D eigenvalue weighted by atomic mass is 32.2. The number of para-hydroxylation sites is 1. The number of ketones is 1. The van der Waals surface area contributed by atoms with E-state index in [1.807, 2.05) is 19.9 Å². The first-order valence-electron chi connectivity index (χ1n) is 9.98. The molecule has 0 radical (unpaired) electrons. The molecule has 0 atom stereocenters. The van der Waals surface area contributed by atoms with Crippen LogP contribution in [-0.2, 0) is 0 Å². The van der Waals surface area contributed by atoms with E-state index < -0.39 is 0 Å². The number of aryl methyl sites for hydroxylation is 1. The van der Waals surface area contributed by atoms with Gasteiger partial charge >= 0.3 is 0 Å². The summed E-state index contributed by atoms with van der Waals surface area (Å²) in [5.41, 5.74) is 2.58. The summed E-state index contributed by atoms with van der Waals surface area (Å²) in [5.74, 6) is 0.888. The van der Waals surface area contributed by atoms with Gasteiger partial charge in [0.2, 0.25) is 5.89 Å². The van der Waals surface area contributed by atoms with Gasteiger partial charge in [-0.1, -0.05) is 43.2 Å². The number of benzene rings is 1. The third-order valence-corrected chi connectivity index (χ3v) is 6.35. The van der Waals surface area contributed by atoms with Crippen LogP contribution in [0.3, 0.4) is 0 Å². The minimum absolute atomic E-state index is 0.0388. The fourth-order valence-corrected chi connectivity index (χ4v) is 4.70. The Labute approximate surface area is 173 Å². The zero-order valence-electron chi connectivity index (χ0n) is 16.7. The van der Waals surface area contributed by atoms with Gasteiger partial charge in [0, 0.05) is 22.9 Å². The Hall–Kier alpha value is -2.41. The smallest absolute Gasteiger partial charge is 0.277 e. The van der Waals surface area contributed by atoms with E-state index in [1.54, 1.807) is 22.8 Å². The molecular weight excluding hydrogens is 389 g/mol. The fourth-order valence-electron chi connectivity index (χ4n) is 4.05. The van der Waals surface area contributed by atoms with Crippen molar-refractivity contribution in [3.8, 4) is 5.69 Å². The zero-order chi connectivity index (χ0) is 20.4. The summed E-state index contributed by atoms with van der Waals surface area (Å²) in [6, 6.07) is 8.39. The molecule has 1 aliphatic carbocycles. The average molecular weight is 414 g/mol. The van der Waals surface area contributed by atoms with Crippen LogP contribution in [0.1, 0.15) is 65.7 Å². The summed E-state index contributed by atoms with van der Waals surface area (Å²) >= 11 is 1.26. The summed E-state index contributed by atoms with van der Waals surface area (Å²) in [5, 5.41) is 8.71. The molecule has 152 valence electrons. The monoisotopic (exact) mass is 413 g/mol. The van der Waals surface area contributed by atoms with Gasteiger partial charge in [0.05, 0.1) is 11.4 Å². The van der Waals surface area contributed by atoms with Crippen molar-refractivity contribution in [2.45, 2.75) is 57.1 Å². The molecule has 1 aliphatic rings. The molecule has 1 fully saturated rings. The van der Waals surface area contributed by atoms with Gasteiger partial charge in [0.15, 0.2) is 5.78 Å². The predicted octanol–water partition coefficient (Wildman–Crippen LogP) is 5.64. The second-order valence-electron chi connectivity index (χ2n) is 7.52. The molecule has 29 heavy (non-hydrogen) atoms. The highest BCUT2D eigenvalue weighted by molar-refractivity contribution is 7.99. The molecule has 3 aromatic rings. The van der Waals surface area contributed by atoms with Crippen LogP contribution in [0.4, 0.5) is 4.39 Å². The van der Waals surface area contributed by atoms with Gasteiger partial charge < -0.3 is 8.98 Å². The number of hydrogen-bond acceptors (Lipinski definition) is 5. The number of Topliss-reactive ketones (excluding diaryl/α,β-unsaturated/α-hetero) is 1. The van der Waals surface area contributed by atoms with Gasteiger partial charge in [-0.25, -0.2) is 4.39 Å². The lowest BCUT2D eigenvalue weighted by Gasteiger charge is -2.17. The summed E-state index contributed by atoms with van der Waals surface area (Å²) in [4.78, 5) is 12.8. The van der Waals surface area contributed by atoms with E-state index in [0.717, 1.165) is 24.2 Å². The summed E-state index contributed by atoms with van der Waals surface area (Å²) in [6.45, 7) is 3.71. The van der Waals surface area contributed by atoms with Crippen molar-refractivity contribution in [3.63, 3.8) is 0 Å². The molecule has 2 aromatic heterocycles. The van der Waals surface area contributed by atoms with Crippen LogP contribution >= 0.6 is 11.8 Å². The van der Waals surface area contributed by atoms with Gasteiger partial charge in [0.1, 0.15) is 5.82 Å². The molecule has 0 N–H and O–H groups in total. The molecular formula is C22H24FN3O2S. The Morgan fingerprint density at radius 2 is 1.97 bits per heavy atom. The first-order chi connectivity index (χ1) is 14.0. The third kappa shape index (κ3) is 4.15. The molecule has 0 saturated heterocycles. The maximum atomic E-state index is 14.2. The number of nitrogens with zero attached hydrogens (tertiary/aromatic N) is 3. The van der Waals surface area contributed by atoms with Crippen LogP contribution in [0.25, 0.3) is 5.69 Å². The zero-order valence-corrected chi connectivity index (χ0v) is 17.5. The second-order valence-corrected chi connectivity index (χ2v) is 8.45. The predicted molar refractivity (Wildman–Crippen MR) is 110 cm³/mol. The van der Waals surface area contributed by atoms with Crippen molar-refractivity contribution in [3.05, 3.63) is 59.0 Å². The lowest BCUT2D eigenvalue weighted by Crippen LogP contribution is -2.06. The highest BCUT2D eigenvalue weighted by Gasteiger charge is 2.23. The summed E-state index contributed by atoms with van der Waals surface area (Å²) in [6.07, 6.45) is 5.85. The summed E-state index contributed by atoms with van der Waals surface area (Å²) in [7, 11) is 0. The van der Waals surface area contributed by atoms with E-state index in [0.29, 0.717) is 28.3 Å². The molecule has 0 spiro atoms. The van der Waals surface area contributed by atoms with Gasteiger partial charge in [-0.2, -0.15) is 0 Å². The van der Waals surface area contributed by atoms with Crippen LogP contribution in [0, 0.1) is 19.7 Å². The molecule has 1 aromatic carbocycles. The highest BCUT2D eigenvalue weighted by Crippen LogP contribution is 2.33. The Balaban J connectivity index is 1.46. The molecule has 1 saturated carbocycles. The summed E-state index contributed by atoms with van der Waals surface area (Å²) < 4.78 is 21.8. The van der Waals surface area contributed by atoms with Crippen molar-refractivity contribution in [2.75, 3.05) is 5.75 Å². The van der Waals surface area contributed by atoms with Crippen molar-refractivity contribution < 1.29 is 13.6 Å². The first-order valence-corrected chi connectivity index (χ1v) is 11.0. The molecule has 0 aliphatic heterocycles. The molecule has 0 unspecified atom stereocenters. The standard InChI is InChI=1S/C22H24FN3O2S/c1-14-12-17(15(2)26(14)19-11-7-6-10-18(19)23)20(27)13-29-22-25-24-21(28-22)16-8-4-3-5-9-16/h6-7,10-12,16H,3-5,8-9,13H2,1-2H3. The average Bonchev–Trinajstić information content (AvgIpc) is 3.32. The van der Waals surface area contributed by atoms with Gasteiger partial charge in [-0.05, 0) is 44.9 Å². The second kappa shape index (κ2) is 8.53. The van der Waals surface area contributed by atoms with Crippen LogP contribution in [0.5, 0.6) is 0 Å². The number of rotatable bonds is 6. The van der Waals surface area contributed by atoms with Crippen LogP contribution in [0.15, 0.2) is 40.0 Å². The van der Waals surface area contributed by atoms with Crippen molar-refractivity contribution in [2.24, 2.45) is 0 Å². The van der Waals surface area contributed by atoms with Crippen LogP contribution in [-0.4, -0.2) is 26.3 Å². The van der Waals surface area contributed by atoms with E-state index in [-0.39, 0.29) is 17.4 Å². The van der Waals surface area contributed by atoms with E-state index >= 15 is 0 Å². The first kappa shape index (κ1) is 19.9. The number of carbonyl (C=O) groups excluding carboxylic acids is 1. The van der Waals surface area contributed by atoms with E-state index in [4.69, 9.17) is 4.42 Å².